The predicted molar refractivity (Wildman–Crippen MR) is 142 cm³/mol. The SMILES string of the molecule is Cc1cccc(NC(=O)COc2c(Cl)cc(/C=C3\C(=O)NC(=O)N(c4cccc(Cl)c4)C3=O)cc2Cl)c1. The Labute approximate surface area is 226 Å². The van der Waals surface area contributed by atoms with Crippen LogP contribution >= 0.6 is 34.8 Å². The first-order valence-electron chi connectivity index (χ1n) is 10.8. The molecule has 4 rings (SSSR count). The number of ether oxygens (including phenoxy) is 1. The monoisotopic (exact) mass is 557 g/mol. The lowest BCUT2D eigenvalue weighted by atomic mass is 10.1. The first-order chi connectivity index (χ1) is 17.6. The Morgan fingerprint density at radius 3 is 2.38 bits per heavy atom. The van der Waals surface area contributed by atoms with Crippen LogP contribution in [0.1, 0.15) is 11.1 Å². The van der Waals surface area contributed by atoms with E-state index in [1.54, 1.807) is 18.2 Å². The highest BCUT2D eigenvalue weighted by molar-refractivity contribution is 6.40. The van der Waals surface area contributed by atoms with Crippen LogP contribution in [0, 0.1) is 6.92 Å². The number of rotatable bonds is 6. The van der Waals surface area contributed by atoms with Crippen molar-refractivity contribution in [3.05, 3.63) is 92.4 Å². The molecule has 0 radical (unpaired) electrons. The molecule has 3 aromatic carbocycles. The molecular formula is C26H18Cl3N3O5. The van der Waals surface area contributed by atoms with Crippen molar-refractivity contribution in [1.29, 1.82) is 0 Å². The quantitative estimate of drug-likeness (QED) is 0.301. The van der Waals surface area contributed by atoms with E-state index in [4.69, 9.17) is 39.5 Å². The second-order valence-electron chi connectivity index (χ2n) is 7.96. The minimum Gasteiger partial charge on any atom is -0.481 e. The molecule has 3 aromatic rings. The van der Waals surface area contributed by atoms with Crippen LogP contribution < -0.4 is 20.3 Å². The predicted octanol–water partition coefficient (Wildman–Crippen LogP) is 5.64. The van der Waals surface area contributed by atoms with Crippen LogP contribution in [0.15, 0.2) is 66.2 Å². The Bertz CT molecular complexity index is 1450. The van der Waals surface area contributed by atoms with Gasteiger partial charge in [-0.15, -0.1) is 0 Å². The van der Waals surface area contributed by atoms with Gasteiger partial charge in [0.25, 0.3) is 17.7 Å². The largest absolute Gasteiger partial charge is 0.481 e. The second kappa shape index (κ2) is 11.0. The number of urea groups is 1. The molecule has 1 aliphatic rings. The fourth-order valence-electron chi connectivity index (χ4n) is 3.53. The van der Waals surface area contributed by atoms with Gasteiger partial charge in [-0.3, -0.25) is 19.7 Å². The van der Waals surface area contributed by atoms with Crippen LogP contribution in [0.3, 0.4) is 0 Å². The van der Waals surface area contributed by atoms with E-state index in [0.29, 0.717) is 16.3 Å². The van der Waals surface area contributed by atoms with Gasteiger partial charge < -0.3 is 10.1 Å². The van der Waals surface area contributed by atoms with Crippen LogP contribution in [0.25, 0.3) is 6.08 Å². The van der Waals surface area contributed by atoms with Crippen molar-refractivity contribution in [1.82, 2.24) is 5.32 Å². The van der Waals surface area contributed by atoms with Gasteiger partial charge in [0, 0.05) is 10.7 Å². The third-order valence-corrected chi connectivity index (χ3v) is 5.95. The number of anilines is 2. The number of benzene rings is 3. The highest BCUT2D eigenvalue weighted by Gasteiger charge is 2.37. The van der Waals surface area contributed by atoms with E-state index in [1.165, 1.54) is 30.3 Å². The topological polar surface area (TPSA) is 105 Å². The van der Waals surface area contributed by atoms with Gasteiger partial charge >= 0.3 is 6.03 Å². The number of nitrogens with one attached hydrogen (secondary N) is 2. The summed E-state index contributed by atoms with van der Waals surface area (Å²) in [5, 5.41) is 5.24. The van der Waals surface area contributed by atoms with Crippen molar-refractivity contribution < 1.29 is 23.9 Å². The summed E-state index contributed by atoms with van der Waals surface area (Å²) in [6.45, 7) is 1.55. The van der Waals surface area contributed by atoms with Crippen molar-refractivity contribution in [3.8, 4) is 5.75 Å². The Kier molecular flexibility index (Phi) is 7.83. The zero-order valence-electron chi connectivity index (χ0n) is 19.2. The van der Waals surface area contributed by atoms with Crippen LogP contribution in [0.4, 0.5) is 16.2 Å². The third kappa shape index (κ3) is 6.11. The summed E-state index contributed by atoms with van der Waals surface area (Å²) in [6, 6.07) is 15.3. The van der Waals surface area contributed by atoms with E-state index < -0.39 is 23.8 Å². The molecule has 0 unspecified atom stereocenters. The van der Waals surface area contributed by atoms with Crippen molar-refractivity contribution in [3.63, 3.8) is 0 Å². The maximum Gasteiger partial charge on any atom is 0.335 e. The highest BCUT2D eigenvalue weighted by atomic mass is 35.5. The van der Waals surface area contributed by atoms with Gasteiger partial charge in [-0.2, -0.15) is 0 Å². The number of amides is 5. The fraction of sp³-hybridized carbons (Fsp3) is 0.0769. The van der Waals surface area contributed by atoms with Gasteiger partial charge in [-0.1, -0.05) is 53.0 Å². The number of halogens is 3. The molecule has 1 fully saturated rings. The Balaban J connectivity index is 1.53. The van der Waals surface area contributed by atoms with Crippen molar-refractivity contribution in [2.45, 2.75) is 6.92 Å². The molecule has 0 bridgehead atoms. The average Bonchev–Trinajstić information content (AvgIpc) is 2.81. The molecular weight excluding hydrogens is 541 g/mol. The normalized spacial score (nSPS) is 14.5. The molecule has 37 heavy (non-hydrogen) atoms. The molecule has 0 atom stereocenters. The van der Waals surface area contributed by atoms with Crippen LogP contribution in [0.5, 0.6) is 5.75 Å². The lowest BCUT2D eigenvalue weighted by Crippen LogP contribution is -2.54. The van der Waals surface area contributed by atoms with Crippen LogP contribution in [0.2, 0.25) is 15.1 Å². The summed E-state index contributed by atoms with van der Waals surface area (Å²) in [6.07, 6.45) is 1.24. The summed E-state index contributed by atoms with van der Waals surface area (Å²) in [4.78, 5) is 50.9. The number of carbonyl (C=O) groups excluding carboxylic acids is 4. The molecule has 0 spiro atoms. The molecule has 8 nitrogen and oxygen atoms in total. The molecule has 11 heteroatoms. The van der Waals surface area contributed by atoms with E-state index in [1.807, 2.05) is 25.1 Å². The maximum atomic E-state index is 13.0. The molecule has 0 aromatic heterocycles. The average molecular weight is 559 g/mol. The van der Waals surface area contributed by atoms with E-state index in [-0.39, 0.29) is 33.7 Å². The highest BCUT2D eigenvalue weighted by Crippen LogP contribution is 2.35. The molecule has 1 aliphatic heterocycles. The van der Waals surface area contributed by atoms with Crippen molar-refractivity contribution >= 4 is 76.0 Å². The minimum atomic E-state index is -0.904. The summed E-state index contributed by atoms with van der Waals surface area (Å²) in [5.41, 5.74) is 1.77. The molecule has 188 valence electrons. The van der Waals surface area contributed by atoms with Crippen molar-refractivity contribution in [2.24, 2.45) is 0 Å². The summed E-state index contributed by atoms with van der Waals surface area (Å²) in [7, 11) is 0. The molecule has 1 saturated heterocycles. The zero-order valence-corrected chi connectivity index (χ0v) is 21.4. The van der Waals surface area contributed by atoms with Gasteiger partial charge in [-0.05, 0) is 66.6 Å². The summed E-state index contributed by atoms with van der Waals surface area (Å²) >= 11 is 18.6. The first-order valence-corrected chi connectivity index (χ1v) is 11.9. The van der Waals surface area contributed by atoms with E-state index in [0.717, 1.165) is 10.5 Å². The molecule has 5 amide bonds. The lowest BCUT2D eigenvalue weighted by Gasteiger charge is -2.26. The molecule has 0 aliphatic carbocycles. The molecule has 1 heterocycles. The molecule has 0 saturated carbocycles. The van der Waals surface area contributed by atoms with Gasteiger partial charge in [0.05, 0.1) is 15.7 Å². The number of barbiturate groups is 1. The lowest BCUT2D eigenvalue weighted by molar-refractivity contribution is -0.122. The zero-order chi connectivity index (χ0) is 26.7. The van der Waals surface area contributed by atoms with Gasteiger partial charge in [0.15, 0.2) is 12.4 Å². The molecule has 2 N–H and O–H groups in total. The second-order valence-corrected chi connectivity index (χ2v) is 9.21. The standard InChI is InChI=1S/C26H18Cl3N3O5/c1-14-4-2-6-17(8-14)30-22(33)13-37-23-20(28)10-15(11-21(23)29)9-19-24(34)31-26(36)32(25(19)35)18-7-3-5-16(27)12-18/h2-12H,13H2,1H3,(H,30,33)(H,31,34,36)/b19-9+. The number of hydrogen-bond donors (Lipinski definition) is 2. The minimum absolute atomic E-state index is 0.0501. The number of aryl methyl sites for hydroxylation is 1. The first kappa shape index (κ1) is 26.2. The van der Waals surface area contributed by atoms with Crippen molar-refractivity contribution in [2.75, 3.05) is 16.8 Å². The van der Waals surface area contributed by atoms with E-state index in [2.05, 4.69) is 10.6 Å². The van der Waals surface area contributed by atoms with Gasteiger partial charge in [0.1, 0.15) is 5.57 Å². The number of nitrogens with zero attached hydrogens (tertiary/aromatic N) is 1. The third-order valence-electron chi connectivity index (χ3n) is 5.15. The van der Waals surface area contributed by atoms with Gasteiger partial charge in [0.2, 0.25) is 0 Å². The summed E-state index contributed by atoms with van der Waals surface area (Å²) < 4.78 is 5.51. The van der Waals surface area contributed by atoms with E-state index >= 15 is 0 Å². The van der Waals surface area contributed by atoms with E-state index in [9.17, 15) is 19.2 Å². The maximum absolute atomic E-state index is 13.0. The Morgan fingerprint density at radius 1 is 1.00 bits per heavy atom. The Morgan fingerprint density at radius 2 is 1.70 bits per heavy atom. The van der Waals surface area contributed by atoms with Crippen LogP contribution in [-0.2, 0) is 14.4 Å². The number of carbonyl (C=O) groups is 4. The number of imide groups is 2. The number of hydrogen-bond acceptors (Lipinski definition) is 5. The van der Waals surface area contributed by atoms with Gasteiger partial charge in [-0.25, -0.2) is 9.69 Å². The van der Waals surface area contributed by atoms with Crippen LogP contribution in [-0.4, -0.2) is 30.4 Å². The fourth-order valence-corrected chi connectivity index (χ4v) is 4.33. The summed E-state index contributed by atoms with van der Waals surface area (Å²) in [5.74, 6) is -2.09. The smallest absolute Gasteiger partial charge is 0.335 e. The Hall–Kier alpha value is -3.85.